The van der Waals surface area contributed by atoms with Crippen molar-refractivity contribution in [2.45, 2.75) is 19.0 Å². The minimum absolute atomic E-state index is 0.241. The van der Waals surface area contributed by atoms with Gasteiger partial charge < -0.3 is 10.2 Å². The Morgan fingerprint density at radius 2 is 2.58 bits per heavy atom. The fourth-order valence-electron chi connectivity index (χ4n) is 1.41. The molecule has 0 saturated carbocycles. The first kappa shape index (κ1) is 7.36. The molecule has 2 rings (SSSR count). The minimum atomic E-state index is -0.304. The van der Waals surface area contributed by atoms with Crippen molar-refractivity contribution in [1.29, 1.82) is 0 Å². The van der Waals surface area contributed by atoms with Gasteiger partial charge in [0, 0.05) is 6.42 Å². The van der Waals surface area contributed by atoms with Gasteiger partial charge >= 0.3 is 0 Å². The van der Waals surface area contributed by atoms with Crippen molar-refractivity contribution in [2.75, 3.05) is 0 Å². The Hall–Kier alpha value is -1.29. The number of primary amides is 1. The van der Waals surface area contributed by atoms with Gasteiger partial charge in [-0.15, -0.1) is 0 Å². The normalized spacial score (nSPS) is 21.8. The number of carbonyl (C=O) groups excluding carboxylic acids is 1. The fraction of sp³-hybridized carbons (Fsp3) is 0.375. The maximum Gasteiger partial charge on any atom is 0.234 e. The van der Waals surface area contributed by atoms with E-state index in [4.69, 9.17) is 10.2 Å². The minimum Gasteiger partial charge on any atom is -0.468 e. The van der Waals surface area contributed by atoms with Gasteiger partial charge in [0.2, 0.25) is 5.91 Å². The zero-order chi connectivity index (χ0) is 8.55. The van der Waals surface area contributed by atoms with Crippen molar-refractivity contribution in [2.24, 2.45) is 5.73 Å². The molecule has 0 spiro atoms. The zero-order valence-electron chi connectivity index (χ0n) is 6.54. The van der Waals surface area contributed by atoms with Crippen molar-refractivity contribution < 1.29 is 9.21 Å². The molecule has 0 aromatic carbocycles. The first-order valence-electron chi connectivity index (χ1n) is 3.85. The summed E-state index contributed by atoms with van der Waals surface area (Å²) < 4.78 is 5.17. The van der Waals surface area contributed by atoms with Crippen molar-refractivity contribution in [1.82, 2.24) is 5.32 Å². The molecular weight excluding hydrogens is 156 g/mol. The molecule has 4 nitrogen and oxygen atoms in total. The number of fused-ring (bicyclic) bond motifs is 1. The lowest BCUT2D eigenvalue weighted by molar-refractivity contribution is -0.120. The largest absolute Gasteiger partial charge is 0.468 e. The molecule has 0 aliphatic carbocycles. The van der Waals surface area contributed by atoms with Crippen LogP contribution in [0.4, 0.5) is 0 Å². The van der Waals surface area contributed by atoms with Gasteiger partial charge in [-0.25, -0.2) is 0 Å². The van der Waals surface area contributed by atoms with Crippen molar-refractivity contribution in [3.8, 4) is 0 Å². The molecule has 0 saturated heterocycles. The van der Waals surface area contributed by atoms with Crippen LogP contribution in [-0.4, -0.2) is 11.9 Å². The summed E-state index contributed by atoms with van der Waals surface area (Å²) in [5.41, 5.74) is 6.24. The Morgan fingerprint density at radius 3 is 3.33 bits per heavy atom. The van der Waals surface area contributed by atoms with Gasteiger partial charge in [0.15, 0.2) is 0 Å². The summed E-state index contributed by atoms with van der Waals surface area (Å²) in [6.45, 7) is 0.593. The number of amides is 1. The van der Waals surface area contributed by atoms with Crippen LogP contribution in [0.1, 0.15) is 11.3 Å². The maximum absolute atomic E-state index is 10.8. The topological polar surface area (TPSA) is 68.3 Å². The fourth-order valence-corrected chi connectivity index (χ4v) is 1.41. The summed E-state index contributed by atoms with van der Waals surface area (Å²) in [4.78, 5) is 10.8. The van der Waals surface area contributed by atoms with Gasteiger partial charge in [0.1, 0.15) is 5.76 Å². The molecule has 0 radical (unpaired) electrons. The Kier molecular flexibility index (Phi) is 1.62. The third kappa shape index (κ3) is 1.10. The standard InChI is InChI=1S/C8H10N2O2/c9-8(11)6-3-5-1-2-12-7(5)4-10-6/h1-2,6,10H,3-4H2,(H2,9,11). The predicted molar refractivity (Wildman–Crippen MR) is 42.2 cm³/mol. The van der Waals surface area contributed by atoms with Crippen LogP contribution in [0.15, 0.2) is 16.7 Å². The molecule has 0 fully saturated rings. The maximum atomic E-state index is 10.8. The summed E-state index contributed by atoms with van der Waals surface area (Å²) in [6, 6.07) is 1.64. The summed E-state index contributed by atoms with van der Waals surface area (Å²) >= 11 is 0. The molecular formula is C8H10N2O2. The first-order valence-corrected chi connectivity index (χ1v) is 3.85. The second-order valence-corrected chi connectivity index (χ2v) is 2.91. The number of carbonyl (C=O) groups is 1. The highest BCUT2D eigenvalue weighted by atomic mass is 16.3. The third-order valence-corrected chi connectivity index (χ3v) is 2.11. The molecule has 12 heavy (non-hydrogen) atoms. The zero-order valence-corrected chi connectivity index (χ0v) is 6.54. The Bertz CT molecular complexity index is 306. The highest BCUT2D eigenvalue weighted by Gasteiger charge is 2.23. The Labute approximate surface area is 69.7 Å². The van der Waals surface area contributed by atoms with E-state index in [-0.39, 0.29) is 11.9 Å². The van der Waals surface area contributed by atoms with Crippen LogP contribution >= 0.6 is 0 Å². The molecule has 0 bridgehead atoms. The number of hydrogen-bond acceptors (Lipinski definition) is 3. The van der Waals surface area contributed by atoms with Gasteiger partial charge in [-0.1, -0.05) is 0 Å². The van der Waals surface area contributed by atoms with E-state index in [1.54, 1.807) is 6.26 Å². The summed E-state index contributed by atoms with van der Waals surface area (Å²) in [6.07, 6.45) is 2.27. The van der Waals surface area contributed by atoms with Crippen LogP contribution in [0.5, 0.6) is 0 Å². The molecule has 1 aliphatic heterocycles. The summed E-state index contributed by atoms with van der Waals surface area (Å²) in [7, 11) is 0. The van der Waals surface area contributed by atoms with Gasteiger partial charge in [-0.3, -0.25) is 10.1 Å². The van der Waals surface area contributed by atoms with E-state index in [0.717, 1.165) is 11.3 Å². The van der Waals surface area contributed by atoms with E-state index in [0.29, 0.717) is 13.0 Å². The van der Waals surface area contributed by atoms with E-state index < -0.39 is 0 Å². The lowest BCUT2D eigenvalue weighted by atomic mass is 10.0. The number of hydrogen-bond donors (Lipinski definition) is 2. The SMILES string of the molecule is NC(=O)C1Cc2ccoc2CN1. The molecule has 1 aromatic rings. The van der Waals surface area contributed by atoms with Crippen LogP contribution in [0.2, 0.25) is 0 Å². The quantitative estimate of drug-likeness (QED) is 0.606. The second kappa shape index (κ2) is 2.64. The van der Waals surface area contributed by atoms with Crippen LogP contribution in [0, 0.1) is 0 Å². The first-order chi connectivity index (χ1) is 5.77. The van der Waals surface area contributed by atoms with Gasteiger partial charge in [0.05, 0.1) is 18.8 Å². The van der Waals surface area contributed by atoms with Crippen molar-refractivity contribution >= 4 is 5.91 Å². The average molecular weight is 166 g/mol. The number of nitrogens with one attached hydrogen (secondary N) is 1. The molecule has 1 amide bonds. The van der Waals surface area contributed by atoms with E-state index in [1.807, 2.05) is 6.07 Å². The van der Waals surface area contributed by atoms with Crippen LogP contribution in [-0.2, 0) is 17.8 Å². The van der Waals surface area contributed by atoms with E-state index >= 15 is 0 Å². The highest BCUT2D eigenvalue weighted by molar-refractivity contribution is 5.80. The average Bonchev–Trinajstić information content (AvgIpc) is 2.49. The van der Waals surface area contributed by atoms with E-state index in [9.17, 15) is 4.79 Å². The predicted octanol–water partition coefficient (Wildman–Crippen LogP) is -0.221. The Morgan fingerprint density at radius 1 is 1.75 bits per heavy atom. The third-order valence-electron chi connectivity index (χ3n) is 2.11. The molecule has 3 N–H and O–H groups in total. The smallest absolute Gasteiger partial charge is 0.234 e. The molecule has 1 atom stereocenters. The van der Waals surface area contributed by atoms with Gasteiger partial charge in [0.25, 0.3) is 0 Å². The Balaban J connectivity index is 2.20. The van der Waals surface area contributed by atoms with Crippen molar-refractivity contribution in [3.63, 3.8) is 0 Å². The second-order valence-electron chi connectivity index (χ2n) is 2.91. The molecule has 4 heteroatoms. The van der Waals surface area contributed by atoms with Crippen molar-refractivity contribution in [3.05, 3.63) is 23.7 Å². The monoisotopic (exact) mass is 166 g/mol. The molecule has 2 heterocycles. The number of nitrogens with two attached hydrogens (primary N) is 1. The van der Waals surface area contributed by atoms with E-state index in [2.05, 4.69) is 5.32 Å². The summed E-state index contributed by atoms with van der Waals surface area (Å²) in [5, 5.41) is 2.99. The number of furan rings is 1. The molecule has 1 unspecified atom stereocenters. The van der Waals surface area contributed by atoms with Gasteiger partial charge in [-0.2, -0.15) is 0 Å². The van der Waals surface area contributed by atoms with Crippen LogP contribution in [0.25, 0.3) is 0 Å². The lowest BCUT2D eigenvalue weighted by Gasteiger charge is -2.19. The molecule has 64 valence electrons. The lowest BCUT2D eigenvalue weighted by Crippen LogP contribution is -2.44. The summed E-state index contributed by atoms with van der Waals surface area (Å²) in [5.74, 6) is 0.606. The van der Waals surface area contributed by atoms with E-state index in [1.165, 1.54) is 0 Å². The van der Waals surface area contributed by atoms with Crippen LogP contribution < -0.4 is 11.1 Å². The molecule has 1 aromatic heterocycles. The van der Waals surface area contributed by atoms with Crippen LogP contribution in [0.3, 0.4) is 0 Å². The highest BCUT2D eigenvalue weighted by Crippen LogP contribution is 2.16. The number of rotatable bonds is 1. The van der Waals surface area contributed by atoms with Gasteiger partial charge in [-0.05, 0) is 11.6 Å². The molecule has 1 aliphatic rings.